The van der Waals surface area contributed by atoms with Gasteiger partial charge in [-0.05, 0) is 31.7 Å². The van der Waals surface area contributed by atoms with E-state index in [0.29, 0.717) is 12.8 Å². The zero-order valence-electron chi connectivity index (χ0n) is 14.8. The minimum Gasteiger partial charge on any atom is -0.348 e. The molecular formula is C19H25N3O3. The Morgan fingerprint density at radius 3 is 2.48 bits per heavy atom. The van der Waals surface area contributed by atoms with E-state index in [1.165, 1.54) is 0 Å². The maximum absolute atomic E-state index is 12.6. The van der Waals surface area contributed by atoms with Gasteiger partial charge in [-0.2, -0.15) is 0 Å². The predicted molar refractivity (Wildman–Crippen MR) is 93.8 cm³/mol. The summed E-state index contributed by atoms with van der Waals surface area (Å²) in [6, 6.07) is 7.41. The van der Waals surface area contributed by atoms with Gasteiger partial charge in [-0.3, -0.25) is 14.5 Å². The van der Waals surface area contributed by atoms with Crippen molar-refractivity contribution in [2.24, 2.45) is 0 Å². The van der Waals surface area contributed by atoms with Crippen LogP contribution in [0.4, 0.5) is 4.79 Å². The Bertz CT molecular complexity index is 678. The van der Waals surface area contributed by atoms with Crippen LogP contribution in [0.5, 0.6) is 0 Å². The quantitative estimate of drug-likeness (QED) is 0.806. The molecule has 1 aliphatic heterocycles. The first kappa shape index (κ1) is 17.5. The zero-order chi connectivity index (χ0) is 18.0. The summed E-state index contributed by atoms with van der Waals surface area (Å²) in [4.78, 5) is 38.2. The normalized spacial score (nSPS) is 20.0. The largest absolute Gasteiger partial charge is 0.348 e. The Kier molecular flexibility index (Phi) is 4.79. The van der Waals surface area contributed by atoms with Gasteiger partial charge in [0.15, 0.2) is 0 Å². The average Bonchev–Trinajstić information content (AvgIpc) is 3.15. The number of rotatable bonds is 5. The van der Waals surface area contributed by atoms with Crippen LogP contribution in [0, 0.1) is 6.92 Å². The second kappa shape index (κ2) is 6.86. The number of urea groups is 1. The lowest BCUT2D eigenvalue weighted by molar-refractivity contribution is -0.135. The van der Waals surface area contributed by atoms with Gasteiger partial charge in [-0.1, -0.05) is 49.6 Å². The monoisotopic (exact) mass is 343 g/mol. The highest BCUT2D eigenvalue weighted by atomic mass is 16.2. The number of benzene rings is 1. The van der Waals surface area contributed by atoms with E-state index < -0.39 is 11.6 Å². The first-order valence-corrected chi connectivity index (χ1v) is 8.95. The van der Waals surface area contributed by atoms with Gasteiger partial charge in [0.1, 0.15) is 12.1 Å². The van der Waals surface area contributed by atoms with Gasteiger partial charge in [-0.15, -0.1) is 0 Å². The number of hydrogen-bond donors (Lipinski definition) is 2. The number of aryl methyl sites for hydroxylation is 1. The maximum atomic E-state index is 12.6. The second-order valence-corrected chi connectivity index (χ2v) is 7.05. The van der Waals surface area contributed by atoms with E-state index in [9.17, 15) is 14.4 Å². The lowest BCUT2D eigenvalue weighted by Crippen LogP contribution is -2.45. The summed E-state index contributed by atoms with van der Waals surface area (Å²) in [6.07, 6.45) is 3.92. The van der Waals surface area contributed by atoms with E-state index in [4.69, 9.17) is 0 Å². The lowest BCUT2D eigenvalue weighted by Gasteiger charge is -2.21. The van der Waals surface area contributed by atoms with Crippen LogP contribution < -0.4 is 10.6 Å². The van der Waals surface area contributed by atoms with Crippen molar-refractivity contribution in [2.75, 3.05) is 6.54 Å². The maximum Gasteiger partial charge on any atom is 0.325 e. The summed E-state index contributed by atoms with van der Waals surface area (Å²) in [5, 5.41) is 5.73. The summed E-state index contributed by atoms with van der Waals surface area (Å²) in [6.45, 7) is 3.78. The summed E-state index contributed by atoms with van der Waals surface area (Å²) >= 11 is 0. The Morgan fingerprint density at radius 1 is 1.24 bits per heavy atom. The van der Waals surface area contributed by atoms with Gasteiger partial charge in [0, 0.05) is 0 Å². The van der Waals surface area contributed by atoms with Gasteiger partial charge >= 0.3 is 6.03 Å². The highest BCUT2D eigenvalue weighted by Crippen LogP contribution is 2.34. The molecule has 0 radical (unpaired) electrons. The van der Waals surface area contributed by atoms with Crippen molar-refractivity contribution in [1.29, 1.82) is 0 Å². The smallest absolute Gasteiger partial charge is 0.325 e. The number of hydrogen-bond acceptors (Lipinski definition) is 3. The lowest BCUT2D eigenvalue weighted by atomic mass is 9.98. The third-order valence-corrected chi connectivity index (χ3v) is 5.23. The molecule has 1 atom stereocenters. The van der Waals surface area contributed by atoms with Gasteiger partial charge < -0.3 is 10.6 Å². The Hall–Kier alpha value is -2.37. The topological polar surface area (TPSA) is 78.5 Å². The van der Waals surface area contributed by atoms with Crippen molar-refractivity contribution in [3.8, 4) is 0 Å². The standard InChI is InChI=1S/C19H25N3O3/c1-3-15(14-8-6-13(2)7-9-14)20-16(23)12-22-17(24)19(21-18(22)25)10-4-5-11-19/h6-9,15H,3-5,10-12H2,1-2H3,(H,20,23)(H,21,25)/t15-/m0/s1. The first-order valence-electron chi connectivity index (χ1n) is 8.95. The molecule has 1 aliphatic carbocycles. The van der Waals surface area contributed by atoms with Crippen LogP contribution in [-0.4, -0.2) is 34.8 Å². The van der Waals surface area contributed by atoms with Crippen molar-refractivity contribution in [3.63, 3.8) is 0 Å². The van der Waals surface area contributed by atoms with Crippen LogP contribution in [0.15, 0.2) is 24.3 Å². The number of imide groups is 1. The van der Waals surface area contributed by atoms with E-state index >= 15 is 0 Å². The van der Waals surface area contributed by atoms with Gasteiger partial charge in [0.05, 0.1) is 6.04 Å². The van der Waals surface area contributed by atoms with E-state index in [1.807, 2.05) is 38.1 Å². The summed E-state index contributed by atoms with van der Waals surface area (Å²) < 4.78 is 0. The number of nitrogens with zero attached hydrogens (tertiary/aromatic N) is 1. The molecule has 1 heterocycles. The molecule has 1 spiro atoms. The van der Waals surface area contributed by atoms with E-state index in [-0.39, 0.29) is 24.4 Å². The van der Waals surface area contributed by atoms with Crippen LogP contribution in [0.25, 0.3) is 0 Å². The minimum absolute atomic E-state index is 0.130. The molecule has 1 saturated heterocycles. The molecule has 0 aromatic heterocycles. The van der Waals surface area contributed by atoms with Crippen LogP contribution in [0.2, 0.25) is 0 Å². The Labute approximate surface area is 148 Å². The van der Waals surface area contributed by atoms with Crippen molar-refractivity contribution in [2.45, 2.75) is 57.5 Å². The fraction of sp³-hybridized carbons (Fsp3) is 0.526. The van der Waals surface area contributed by atoms with E-state index in [0.717, 1.165) is 35.3 Å². The molecule has 0 unspecified atom stereocenters. The zero-order valence-corrected chi connectivity index (χ0v) is 14.8. The third-order valence-electron chi connectivity index (χ3n) is 5.23. The fourth-order valence-electron chi connectivity index (χ4n) is 3.74. The molecule has 2 aliphatic rings. The molecule has 25 heavy (non-hydrogen) atoms. The van der Waals surface area contributed by atoms with Gasteiger partial charge in [-0.25, -0.2) is 4.79 Å². The van der Waals surface area contributed by atoms with Gasteiger partial charge in [0.25, 0.3) is 5.91 Å². The van der Waals surface area contributed by atoms with Crippen LogP contribution in [0.1, 0.15) is 56.2 Å². The SMILES string of the molecule is CC[C@H](NC(=O)CN1C(=O)NC2(CCCC2)C1=O)c1ccc(C)cc1. The molecule has 3 rings (SSSR count). The van der Waals surface area contributed by atoms with E-state index in [2.05, 4.69) is 10.6 Å². The predicted octanol–water partition coefficient (Wildman–Crippen LogP) is 2.43. The van der Waals surface area contributed by atoms with Crippen LogP contribution >= 0.6 is 0 Å². The van der Waals surface area contributed by atoms with Gasteiger partial charge in [0.2, 0.25) is 5.91 Å². The van der Waals surface area contributed by atoms with E-state index in [1.54, 1.807) is 0 Å². The highest BCUT2D eigenvalue weighted by Gasteiger charge is 2.52. The molecule has 4 amide bonds. The molecule has 6 nitrogen and oxygen atoms in total. The third kappa shape index (κ3) is 3.38. The summed E-state index contributed by atoms with van der Waals surface area (Å²) in [7, 11) is 0. The second-order valence-electron chi connectivity index (χ2n) is 7.05. The fourth-order valence-corrected chi connectivity index (χ4v) is 3.74. The summed E-state index contributed by atoms with van der Waals surface area (Å²) in [5.74, 6) is -0.570. The van der Waals surface area contributed by atoms with Crippen LogP contribution in [0.3, 0.4) is 0 Å². The van der Waals surface area contributed by atoms with Crippen molar-refractivity contribution in [3.05, 3.63) is 35.4 Å². The molecule has 2 fully saturated rings. The minimum atomic E-state index is -0.765. The number of amides is 4. The Balaban J connectivity index is 1.64. The molecule has 0 bridgehead atoms. The van der Waals surface area contributed by atoms with Crippen molar-refractivity contribution >= 4 is 17.8 Å². The molecule has 1 saturated carbocycles. The average molecular weight is 343 g/mol. The van der Waals surface area contributed by atoms with Crippen molar-refractivity contribution < 1.29 is 14.4 Å². The van der Waals surface area contributed by atoms with Crippen molar-refractivity contribution in [1.82, 2.24) is 15.5 Å². The Morgan fingerprint density at radius 2 is 1.88 bits per heavy atom. The van der Waals surface area contributed by atoms with Crippen LogP contribution in [-0.2, 0) is 9.59 Å². The molecule has 2 N–H and O–H groups in total. The molecule has 1 aromatic rings. The summed E-state index contributed by atoms with van der Waals surface area (Å²) in [5.41, 5.74) is 1.41. The molecule has 6 heteroatoms. The number of carbonyl (C=O) groups is 3. The first-order chi connectivity index (χ1) is 11.9. The number of nitrogens with one attached hydrogen (secondary N) is 2. The molecule has 1 aromatic carbocycles. The number of carbonyl (C=O) groups excluding carboxylic acids is 3. The molecular weight excluding hydrogens is 318 g/mol. The molecule has 134 valence electrons. The highest BCUT2D eigenvalue weighted by molar-refractivity contribution is 6.09.